The van der Waals surface area contributed by atoms with Gasteiger partial charge >= 0.3 is 5.97 Å². The van der Waals surface area contributed by atoms with Gasteiger partial charge in [0.05, 0.1) is 17.6 Å². The fourth-order valence-corrected chi connectivity index (χ4v) is 3.53. The minimum atomic E-state index is -3.56. The Bertz CT molecular complexity index is 622. The minimum Gasteiger partial charge on any atom is -0.465 e. The maximum Gasteiger partial charge on any atom is 0.338 e. The highest BCUT2D eigenvalue weighted by Crippen LogP contribution is 2.16. The third-order valence-electron chi connectivity index (χ3n) is 3.60. The van der Waals surface area contributed by atoms with Crippen LogP contribution < -0.4 is 10.0 Å². The number of methoxy groups -OCH3 is 1. The summed E-state index contributed by atoms with van der Waals surface area (Å²) in [5.74, 6) is -0.473. The number of sulfonamides is 1. The van der Waals surface area contributed by atoms with Crippen LogP contribution in [0.1, 0.15) is 28.8 Å². The van der Waals surface area contributed by atoms with Gasteiger partial charge in [-0.1, -0.05) is 0 Å². The van der Waals surface area contributed by atoms with Crippen molar-refractivity contribution in [2.45, 2.75) is 30.7 Å². The van der Waals surface area contributed by atoms with Crippen molar-refractivity contribution in [2.75, 3.05) is 20.2 Å². The first kappa shape index (κ1) is 15.9. The van der Waals surface area contributed by atoms with E-state index in [1.54, 1.807) is 6.92 Å². The standard InChI is InChI=1S/C14H20N2O4S/c1-10-8-12(5-6-13(10)14(17)20-2)21(18,19)16-9-11-4-3-7-15-11/h5-6,8,11,15-16H,3-4,7,9H2,1-2H3. The van der Waals surface area contributed by atoms with Crippen LogP contribution in [0.4, 0.5) is 0 Å². The van der Waals surface area contributed by atoms with Gasteiger partial charge in [0.25, 0.3) is 0 Å². The summed E-state index contributed by atoms with van der Waals surface area (Å²) in [5, 5.41) is 3.24. The molecule has 21 heavy (non-hydrogen) atoms. The topological polar surface area (TPSA) is 84.5 Å². The van der Waals surface area contributed by atoms with Crippen molar-refractivity contribution in [3.8, 4) is 0 Å². The number of aryl methyl sites for hydroxylation is 1. The SMILES string of the molecule is COC(=O)c1ccc(S(=O)(=O)NCC2CCCN2)cc1C. The Morgan fingerprint density at radius 3 is 2.81 bits per heavy atom. The number of esters is 1. The number of hydrogen-bond donors (Lipinski definition) is 2. The highest BCUT2D eigenvalue weighted by molar-refractivity contribution is 7.89. The molecule has 0 spiro atoms. The van der Waals surface area contributed by atoms with E-state index < -0.39 is 16.0 Å². The van der Waals surface area contributed by atoms with Gasteiger partial charge < -0.3 is 10.1 Å². The van der Waals surface area contributed by atoms with Crippen molar-refractivity contribution in [1.82, 2.24) is 10.0 Å². The largest absolute Gasteiger partial charge is 0.465 e. The van der Waals surface area contributed by atoms with Crippen molar-refractivity contribution in [3.05, 3.63) is 29.3 Å². The van der Waals surface area contributed by atoms with Gasteiger partial charge in [-0.2, -0.15) is 0 Å². The molecule has 1 fully saturated rings. The average Bonchev–Trinajstić information content (AvgIpc) is 2.97. The number of carbonyl (C=O) groups excluding carboxylic acids is 1. The molecule has 2 N–H and O–H groups in total. The van der Waals surface area contributed by atoms with E-state index >= 15 is 0 Å². The lowest BCUT2D eigenvalue weighted by atomic mass is 10.1. The zero-order chi connectivity index (χ0) is 15.5. The van der Waals surface area contributed by atoms with E-state index in [4.69, 9.17) is 0 Å². The Labute approximate surface area is 124 Å². The molecule has 0 aliphatic carbocycles. The molecule has 1 aromatic carbocycles. The lowest BCUT2D eigenvalue weighted by Crippen LogP contribution is -2.37. The molecular weight excluding hydrogens is 292 g/mol. The number of rotatable bonds is 5. The lowest BCUT2D eigenvalue weighted by molar-refractivity contribution is 0.0600. The van der Waals surface area contributed by atoms with Crippen LogP contribution in [0.25, 0.3) is 0 Å². The molecule has 1 saturated heterocycles. The van der Waals surface area contributed by atoms with Gasteiger partial charge in [-0.15, -0.1) is 0 Å². The Hall–Kier alpha value is -1.44. The average molecular weight is 312 g/mol. The van der Waals surface area contributed by atoms with Crippen LogP contribution in [0.3, 0.4) is 0 Å². The van der Waals surface area contributed by atoms with Crippen molar-refractivity contribution in [2.24, 2.45) is 0 Å². The minimum absolute atomic E-state index is 0.158. The number of hydrogen-bond acceptors (Lipinski definition) is 5. The molecule has 0 saturated carbocycles. The van der Waals surface area contributed by atoms with Crippen molar-refractivity contribution < 1.29 is 17.9 Å². The van der Waals surface area contributed by atoms with Gasteiger partial charge in [-0.3, -0.25) is 0 Å². The summed E-state index contributed by atoms with van der Waals surface area (Å²) in [4.78, 5) is 11.7. The Morgan fingerprint density at radius 1 is 1.48 bits per heavy atom. The van der Waals surface area contributed by atoms with Gasteiger partial charge in [-0.05, 0) is 50.1 Å². The van der Waals surface area contributed by atoms with Crippen molar-refractivity contribution >= 4 is 16.0 Å². The van der Waals surface area contributed by atoms with E-state index in [1.807, 2.05) is 0 Å². The molecule has 7 heteroatoms. The second-order valence-corrected chi connectivity index (χ2v) is 6.88. The molecule has 2 rings (SSSR count). The van der Waals surface area contributed by atoms with Crippen LogP contribution in [0.15, 0.2) is 23.1 Å². The van der Waals surface area contributed by atoms with Crippen LogP contribution >= 0.6 is 0 Å². The number of carbonyl (C=O) groups is 1. The van der Waals surface area contributed by atoms with Gasteiger partial charge in [0.15, 0.2) is 0 Å². The van der Waals surface area contributed by atoms with E-state index in [2.05, 4.69) is 14.8 Å². The third kappa shape index (κ3) is 3.81. The summed E-state index contributed by atoms with van der Waals surface area (Å²) in [6.07, 6.45) is 2.04. The zero-order valence-electron chi connectivity index (χ0n) is 12.2. The first-order valence-electron chi connectivity index (χ1n) is 6.86. The summed E-state index contributed by atoms with van der Waals surface area (Å²) < 4.78 is 31.7. The second kappa shape index (κ2) is 6.55. The number of nitrogens with one attached hydrogen (secondary N) is 2. The Balaban J connectivity index is 2.12. The molecule has 1 aromatic rings. The van der Waals surface area contributed by atoms with E-state index in [0.29, 0.717) is 17.7 Å². The maximum absolute atomic E-state index is 12.2. The Kier molecular flexibility index (Phi) is 4.97. The van der Waals surface area contributed by atoms with Crippen LogP contribution in [-0.2, 0) is 14.8 Å². The summed E-state index contributed by atoms with van der Waals surface area (Å²) in [5.41, 5.74) is 0.942. The van der Waals surface area contributed by atoms with E-state index in [-0.39, 0.29) is 10.9 Å². The molecule has 1 aliphatic heterocycles. The molecule has 0 bridgehead atoms. The molecule has 1 atom stereocenters. The molecule has 0 aromatic heterocycles. The normalized spacial score (nSPS) is 18.7. The number of benzene rings is 1. The quantitative estimate of drug-likeness (QED) is 0.786. The van der Waals surface area contributed by atoms with E-state index in [0.717, 1.165) is 19.4 Å². The van der Waals surface area contributed by atoms with Crippen LogP contribution in [0, 0.1) is 6.92 Å². The van der Waals surface area contributed by atoms with Crippen LogP contribution in [-0.4, -0.2) is 40.6 Å². The van der Waals surface area contributed by atoms with E-state index in [1.165, 1.54) is 25.3 Å². The predicted octanol–water partition coefficient (Wildman–Crippen LogP) is 0.812. The fraction of sp³-hybridized carbons (Fsp3) is 0.500. The molecule has 1 aliphatic rings. The summed E-state index contributed by atoms with van der Waals surface area (Å²) in [6, 6.07) is 4.57. The predicted molar refractivity (Wildman–Crippen MR) is 78.7 cm³/mol. The fourth-order valence-electron chi connectivity index (χ4n) is 2.37. The van der Waals surface area contributed by atoms with Gasteiger partial charge in [0, 0.05) is 12.6 Å². The molecular formula is C14H20N2O4S. The highest BCUT2D eigenvalue weighted by atomic mass is 32.2. The summed E-state index contributed by atoms with van der Waals surface area (Å²) in [6.45, 7) is 2.99. The highest BCUT2D eigenvalue weighted by Gasteiger charge is 2.20. The van der Waals surface area contributed by atoms with E-state index in [9.17, 15) is 13.2 Å². The molecule has 1 unspecified atom stereocenters. The molecule has 6 nitrogen and oxygen atoms in total. The Morgan fingerprint density at radius 2 is 2.24 bits per heavy atom. The van der Waals surface area contributed by atoms with Crippen molar-refractivity contribution in [1.29, 1.82) is 0 Å². The molecule has 1 heterocycles. The first-order valence-corrected chi connectivity index (χ1v) is 8.34. The lowest BCUT2D eigenvalue weighted by Gasteiger charge is -2.13. The van der Waals surface area contributed by atoms with Gasteiger partial charge in [0.1, 0.15) is 0 Å². The maximum atomic E-state index is 12.2. The van der Waals surface area contributed by atoms with Gasteiger partial charge in [0.2, 0.25) is 10.0 Å². The van der Waals surface area contributed by atoms with Crippen LogP contribution in [0.5, 0.6) is 0 Å². The molecule has 0 amide bonds. The van der Waals surface area contributed by atoms with Gasteiger partial charge in [-0.25, -0.2) is 17.9 Å². The molecule has 0 radical (unpaired) electrons. The molecule has 116 valence electrons. The van der Waals surface area contributed by atoms with Crippen molar-refractivity contribution in [3.63, 3.8) is 0 Å². The third-order valence-corrected chi connectivity index (χ3v) is 5.02. The van der Waals surface area contributed by atoms with Crippen LogP contribution in [0.2, 0.25) is 0 Å². The number of ether oxygens (including phenoxy) is 1. The smallest absolute Gasteiger partial charge is 0.338 e. The monoisotopic (exact) mass is 312 g/mol. The summed E-state index contributed by atoms with van der Waals surface area (Å²) >= 11 is 0. The summed E-state index contributed by atoms with van der Waals surface area (Å²) in [7, 11) is -2.27. The zero-order valence-corrected chi connectivity index (χ0v) is 13.0. The first-order chi connectivity index (χ1) is 9.94. The second-order valence-electron chi connectivity index (χ2n) is 5.11.